The Labute approximate surface area is 64.0 Å². The van der Waals surface area contributed by atoms with Gasteiger partial charge in [-0.15, -0.1) is 0 Å². The van der Waals surface area contributed by atoms with E-state index >= 15 is 0 Å². The van der Waals surface area contributed by atoms with Gasteiger partial charge in [-0.25, -0.2) is 0 Å². The molecule has 5 heteroatoms. The lowest BCUT2D eigenvalue weighted by Gasteiger charge is -2.00. The maximum atomic E-state index is 10.3. The van der Waals surface area contributed by atoms with Crippen LogP contribution in [-0.2, 0) is 4.79 Å². The number of hydrogen-bond acceptors (Lipinski definition) is 4. The average Bonchev–Trinajstić information content (AvgIpc) is 1.97. The summed E-state index contributed by atoms with van der Waals surface area (Å²) < 4.78 is 0. The standard InChI is InChI=1S/C6H9N3O2/c1-2-3-5(6(10)11)4-8-9-7/h3,7H,2,4H2,1H3. The molecular weight excluding hydrogens is 146 g/mol. The first-order valence-corrected chi connectivity index (χ1v) is 3.16. The zero-order chi connectivity index (χ0) is 8.69. The van der Waals surface area contributed by atoms with Gasteiger partial charge in [0.05, 0.1) is 5.97 Å². The van der Waals surface area contributed by atoms with E-state index in [9.17, 15) is 9.90 Å². The van der Waals surface area contributed by atoms with Crippen LogP contribution in [0.15, 0.2) is 16.8 Å². The molecule has 0 aromatic carbocycles. The van der Waals surface area contributed by atoms with Crippen LogP contribution in [0.4, 0.5) is 0 Å². The van der Waals surface area contributed by atoms with E-state index in [1.807, 2.05) is 0 Å². The molecule has 0 aliphatic rings. The van der Waals surface area contributed by atoms with Gasteiger partial charge in [-0.3, -0.25) is 0 Å². The summed E-state index contributed by atoms with van der Waals surface area (Å²) in [5, 5.41) is 13.5. The molecule has 0 heterocycles. The van der Waals surface area contributed by atoms with Crippen molar-refractivity contribution < 1.29 is 9.90 Å². The van der Waals surface area contributed by atoms with Crippen molar-refractivity contribution in [1.29, 1.82) is 5.53 Å². The normalized spacial score (nSPS) is 10.5. The molecule has 0 fully saturated rings. The van der Waals surface area contributed by atoms with Gasteiger partial charge in [0, 0.05) is 0 Å². The average molecular weight is 155 g/mol. The number of rotatable bonds is 4. The summed E-state index contributed by atoms with van der Waals surface area (Å²) in [7, 11) is 0. The molecule has 1 N–H and O–H groups in total. The van der Waals surface area contributed by atoms with Gasteiger partial charge < -0.3 is 9.90 Å². The number of hydrogen-bond donors (Lipinski definition) is 1. The maximum Gasteiger partial charge on any atom is 0.214 e. The van der Waals surface area contributed by atoms with Crippen molar-refractivity contribution >= 4 is 5.97 Å². The van der Waals surface area contributed by atoms with E-state index in [4.69, 9.17) is 5.53 Å². The van der Waals surface area contributed by atoms with E-state index in [-0.39, 0.29) is 12.1 Å². The second-order valence-electron chi connectivity index (χ2n) is 1.82. The molecule has 0 bridgehead atoms. The molecule has 11 heavy (non-hydrogen) atoms. The number of nitrogens with one attached hydrogen (secondary N) is 1. The number of carbonyl (C=O) groups is 1. The highest BCUT2D eigenvalue weighted by Crippen LogP contribution is 1.94. The fourth-order valence-corrected chi connectivity index (χ4v) is 0.570. The molecule has 0 aromatic rings. The van der Waals surface area contributed by atoms with Gasteiger partial charge in [0.2, 0.25) is 4.91 Å². The van der Waals surface area contributed by atoms with Gasteiger partial charge in [0.25, 0.3) is 0 Å². The Morgan fingerprint density at radius 2 is 2.45 bits per heavy atom. The Bertz CT molecular complexity index is 216. The quantitative estimate of drug-likeness (QED) is 0.340. The van der Waals surface area contributed by atoms with E-state index in [2.05, 4.69) is 10.0 Å². The summed E-state index contributed by atoms with van der Waals surface area (Å²) in [5.74, 6) is -1.25. The van der Waals surface area contributed by atoms with Crippen molar-refractivity contribution in [2.75, 3.05) is 6.54 Å². The summed E-state index contributed by atoms with van der Waals surface area (Å²) in [5.41, 5.74) is 6.36. The van der Waals surface area contributed by atoms with Gasteiger partial charge >= 0.3 is 0 Å². The molecule has 0 atom stereocenters. The van der Waals surface area contributed by atoms with Crippen molar-refractivity contribution in [2.45, 2.75) is 13.3 Å². The van der Waals surface area contributed by atoms with Crippen LogP contribution in [-0.4, -0.2) is 12.5 Å². The van der Waals surface area contributed by atoms with E-state index in [1.165, 1.54) is 6.08 Å². The van der Waals surface area contributed by atoms with Crippen LogP contribution in [0.3, 0.4) is 0 Å². The van der Waals surface area contributed by atoms with E-state index in [0.29, 0.717) is 6.42 Å². The topological polar surface area (TPSA) is 90.4 Å². The Hall–Kier alpha value is -1.48. The molecule has 0 unspecified atom stereocenters. The van der Waals surface area contributed by atoms with E-state index in [1.54, 1.807) is 6.92 Å². The smallest absolute Gasteiger partial charge is 0.214 e. The Kier molecular flexibility index (Phi) is 4.60. The van der Waals surface area contributed by atoms with Crippen molar-refractivity contribution in [2.24, 2.45) is 5.11 Å². The minimum absolute atomic E-state index is 0.0727. The van der Waals surface area contributed by atoms with E-state index < -0.39 is 5.97 Å². The lowest BCUT2D eigenvalue weighted by atomic mass is 10.2. The fourth-order valence-electron chi connectivity index (χ4n) is 0.570. The van der Waals surface area contributed by atoms with Crippen LogP contribution in [0.1, 0.15) is 13.3 Å². The molecule has 5 nitrogen and oxygen atoms in total. The number of carboxylic acids is 1. The monoisotopic (exact) mass is 155 g/mol. The summed E-state index contributed by atoms with van der Waals surface area (Å²) in [6.07, 6.45) is 2.10. The lowest BCUT2D eigenvalue weighted by Crippen LogP contribution is -2.25. The Balaban J connectivity index is 4.22. The van der Waals surface area contributed by atoms with Gasteiger partial charge in [-0.2, -0.15) is 0 Å². The molecule has 0 rings (SSSR count). The number of aliphatic carboxylic acids is 1. The Morgan fingerprint density at radius 1 is 1.82 bits per heavy atom. The highest BCUT2D eigenvalue weighted by Gasteiger charge is 1.98. The molecule has 0 amide bonds. The number of carbonyl (C=O) groups excluding carboxylic acids is 1. The minimum atomic E-state index is -1.25. The zero-order valence-electron chi connectivity index (χ0n) is 6.20. The van der Waals surface area contributed by atoms with Crippen LogP contribution >= 0.6 is 0 Å². The van der Waals surface area contributed by atoms with Crippen LogP contribution < -0.4 is 10.0 Å². The highest BCUT2D eigenvalue weighted by atomic mass is 16.4. The first kappa shape index (κ1) is 9.52. The molecule has 0 aliphatic heterocycles. The molecule has 0 saturated carbocycles. The molecule has 0 aromatic heterocycles. The maximum absolute atomic E-state index is 10.3. The highest BCUT2D eigenvalue weighted by molar-refractivity contribution is 5.85. The Morgan fingerprint density at radius 3 is 2.82 bits per heavy atom. The van der Waals surface area contributed by atoms with Crippen molar-refractivity contribution in [3.05, 3.63) is 11.6 Å². The first-order valence-electron chi connectivity index (χ1n) is 3.16. The molecule has 0 saturated heterocycles. The molecule has 0 aliphatic carbocycles. The molecule has 0 spiro atoms. The number of carboxylic acid groups (broad SMARTS) is 1. The predicted molar refractivity (Wildman–Crippen MR) is 35.5 cm³/mol. The third-order valence-corrected chi connectivity index (χ3v) is 1.02. The molecule has 0 radical (unpaired) electrons. The van der Waals surface area contributed by atoms with Crippen LogP contribution in [0, 0.1) is 5.53 Å². The summed E-state index contributed by atoms with van der Waals surface area (Å²) in [4.78, 5) is 12.9. The van der Waals surface area contributed by atoms with Gasteiger partial charge in [0.1, 0.15) is 17.2 Å². The SMILES string of the molecule is CCC=C(CN=[N+]=N)C(=O)[O-]. The summed E-state index contributed by atoms with van der Waals surface area (Å²) >= 11 is 0. The third kappa shape index (κ3) is 4.00. The van der Waals surface area contributed by atoms with Gasteiger partial charge in [-0.1, -0.05) is 13.0 Å². The van der Waals surface area contributed by atoms with Crippen molar-refractivity contribution in [3.8, 4) is 0 Å². The molecule has 60 valence electrons. The van der Waals surface area contributed by atoms with Crippen molar-refractivity contribution in [1.82, 2.24) is 4.91 Å². The summed E-state index contributed by atoms with van der Waals surface area (Å²) in [6, 6.07) is 0. The largest absolute Gasteiger partial charge is 0.545 e. The van der Waals surface area contributed by atoms with Crippen LogP contribution in [0.25, 0.3) is 0 Å². The third-order valence-electron chi connectivity index (χ3n) is 1.02. The first-order chi connectivity index (χ1) is 5.22. The van der Waals surface area contributed by atoms with Crippen LogP contribution in [0.2, 0.25) is 0 Å². The summed E-state index contributed by atoms with van der Waals surface area (Å²) in [6.45, 7) is 1.72. The second kappa shape index (κ2) is 5.32. The number of nitrogens with zero attached hydrogens (tertiary/aromatic N) is 2. The predicted octanol–water partition coefficient (Wildman–Crippen LogP) is -0.377. The van der Waals surface area contributed by atoms with Gasteiger partial charge in [0.15, 0.2) is 0 Å². The fraction of sp³-hybridized carbons (Fsp3) is 0.500. The van der Waals surface area contributed by atoms with Gasteiger partial charge in [-0.05, 0) is 12.0 Å². The number of allylic oxidation sites excluding steroid dienone is 1. The van der Waals surface area contributed by atoms with E-state index in [0.717, 1.165) is 0 Å². The minimum Gasteiger partial charge on any atom is -0.545 e. The second-order valence-corrected chi connectivity index (χ2v) is 1.82. The van der Waals surface area contributed by atoms with Crippen LogP contribution in [0.5, 0.6) is 0 Å². The van der Waals surface area contributed by atoms with Crippen molar-refractivity contribution in [3.63, 3.8) is 0 Å². The lowest BCUT2D eigenvalue weighted by molar-refractivity contribution is -0.299. The molecular formula is C6H9N3O2. The zero-order valence-corrected chi connectivity index (χ0v) is 6.20.